The highest BCUT2D eigenvalue weighted by Crippen LogP contribution is 1.87. The summed E-state index contributed by atoms with van der Waals surface area (Å²) in [5, 5.41) is 3.03. The maximum Gasteiger partial charge on any atom is 0.307 e. The molecule has 0 aromatic heterocycles. The van der Waals surface area contributed by atoms with Crippen LogP contribution in [0.3, 0.4) is 0 Å². The average Bonchev–Trinajstić information content (AvgIpc) is 1.94. The molecule has 1 fully saturated rings. The van der Waals surface area contributed by atoms with Gasteiger partial charge in [-0.2, -0.15) is 0 Å². The molecule has 0 atom stereocenters. The number of nitrogens with one attached hydrogen (secondary N) is 1. The van der Waals surface area contributed by atoms with Crippen LogP contribution in [0.15, 0.2) is 0 Å². The minimum atomic E-state index is -0.0880. The van der Waals surface area contributed by atoms with Gasteiger partial charge in [0.1, 0.15) is 6.61 Å². The standard InChI is InChI=1S/C5H9NO2/c7-5-1-2-6-3-4-8-5/h6H,1-4H2. The van der Waals surface area contributed by atoms with E-state index in [1.165, 1.54) is 0 Å². The van der Waals surface area contributed by atoms with Crippen LogP contribution >= 0.6 is 0 Å². The van der Waals surface area contributed by atoms with E-state index in [2.05, 4.69) is 5.32 Å². The Bertz CT molecular complexity index is 82.4. The molecular formula is C5H9NO2. The van der Waals surface area contributed by atoms with Gasteiger partial charge in [-0.05, 0) is 0 Å². The second kappa shape index (κ2) is 2.67. The van der Waals surface area contributed by atoms with E-state index in [9.17, 15) is 4.79 Å². The molecule has 0 spiro atoms. The predicted octanol–water partition coefficient (Wildman–Crippen LogP) is -0.477. The number of rotatable bonds is 0. The summed E-state index contributed by atoms with van der Waals surface area (Å²) in [7, 11) is 0. The van der Waals surface area contributed by atoms with Crippen molar-refractivity contribution in [1.29, 1.82) is 0 Å². The number of hydrogen-bond donors (Lipinski definition) is 1. The second-order valence-corrected chi connectivity index (χ2v) is 1.72. The Morgan fingerprint density at radius 2 is 2.38 bits per heavy atom. The number of carbonyl (C=O) groups excluding carboxylic acids is 1. The van der Waals surface area contributed by atoms with Gasteiger partial charge in [0.2, 0.25) is 0 Å². The fourth-order valence-electron chi connectivity index (χ4n) is 0.625. The average molecular weight is 115 g/mol. The fraction of sp³-hybridized carbons (Fsp3) is 0.800. The number of cyclic esters (lactones) is 1. The number of ether oxygens (including phenoxy) is 1. The Kier molecular flexibility index (Phi) is 1.86. The summed E-state index contributed by atoms with van der Waals surface area (Å²) < 4.78 is 4.70. The zero-order valence-electron chi connectivity index (χ0n) is 4.64. The van der Waals surface area contributed by atoms with Crippen molar-refractivity contribution in [3.8, 4) is 0 Å². The monoisotopic (exact) mass is 115 g/mol. The van der Waals surface area contributed by atoms with Crippen molar-refractivity contribution in [3.05, 3.63) is 0 Å². The highest BCUT2D eigenvalue weighted by molar-refractivity contribution is 5.69. The molecule has 0 radical (unpaired) electrons. The van der Waals surface area contributed by atoms with Gasteiger partial charge in [0.15, 0.2) is 0 Å². The van der Waals surface area contributed by atoms with Crippen LogP contribution in [0.5, 0.6) is 0 Å². The molecule has 0 saturated carbocycles. The van der Waals surface area contributed by atoms with E-state index in [4.69, 9.17) is 4.74 Å². The molecule has 1 aliphatic heterocycles. The van der Waals surface area contributed by atoms with Crippen molar-refractivity contribution in [2.45, 2.75) is 6.42 Å². The van der Waals surface area contributed by atoms with Crippen molar-refractivity contribution >= 4 is 5.97 Å². The Hall–Kier alpha value is -0.570. The zero-order valence-corrected chi connectivity index (χ0v) is 4.64. The van der Waals surface area contributed by atoms with Crippen LogP contribution in [-0.4, -0.2) is 25.7 Å². The lowest BCUT2D eigenvalue weighted by Gasteiger charge is -1.93. The Morgan fingerprint density at radius 3 is 3.25 bits per heavy atom. The SMILES string of the molecule is O=C1CCNCCO1. The van der Waals surface area contributed by atoms with E-state index in [-0.39, 0.29) is 5.97 Å². The molecule has 1 aliphatic rings. The normalized spacial score (nSPS) is 21.8. The topological polar surface area (TPSA) is 38.3 Å². The van der Waals surface area contributed by atoms with E-state index in [1.54, 1.807) is 0 Å². The number of esters is 1. The van der Waals surface area contributed by atoms with Crippen LogP contribution in [-0.2, 0) is 9.53 Å². The van der Waals surface area contributed by atoms with E-state index >= 15 is 0 Å². The Labute approximate surface area is 48.0 Å². The molecule has 46 valence electrons. The first kappa shape index (κ1) is 5.56. The number of carbonyl (C=O) groups is 1. The van der Waals surface area contributed by atoms with Gasteiger partial charge in [0.05, 0.1) is 6.42 Å². The summed E-state index contributed by atoms with van der Waals surface area (Å²) in [6.45, 7) is 2.09. The minimum Gasteiger partial charge on any atom is -0.464 e. The van der Waals surface area contributed by atoms with Crippen molar-refractivity contribution < 1.29 is 9.53 Å². The first-order valence-electron chi connectivity index (χ1n) is 2.76. The molecule has 0 aliphatic carbocycles. The van der Waals surface area contributed by atoms with Crippen LogP contribution in [0.1, 0.15) is 6.42 Å². The van der Waals surface area contributed by atoms with Gasteiger partial charge in [-0.15, -0.1) is 0 Å². The summed E-state index contributed by atoms with van der Waals surface area (Å²) in [6, 6.07) is 0. The van der Waals surface area contributed by atoms with Crippen LogP contribution in [0.2, 0.25) is 0 Å². The highest BCUT2D eigenvalue weighted by Gasteiger charge is 2.04. The summed E-state index contributed by atoms with van der Waals surface area (Å²) in [5.74, 6) is -0.0880. The van der Waals surface area contributed by atoms with Gasteiger partial charge in [0, 0.05) is 13.1 Å². The third-order valence-electron chi connectivity index (χ3n) is 1.05. The van der Waals surface area contributed by atoms with Crippen LogP contribution in [0.25, 0.3) is 0 Å². The predicted molar refractivity (Wildman–Crippen MR) is 28.4 cm³/mol. The molecule has 3 heteroatoms. The molecule has 1 saturated heterocycles. The summed E-state index contributed by atoms with van der Waals surface area (Å²) in [4.78, 5) is 10.4. The van der Waals surface area contributed by atoms with Gasteiger partial charge in [-0.1, -0.05) is 0 Å². The quantitative estimate of drug-likeness (QED) is 0.433. The van der Waals surface area contributed by atoms with E-state index in [0.717, 1.165) is 13.1 Å². The maximum atomic E-state index is 10.4. The largest absolute Gasteiger partial charge is 0.464 e. The maximum absolute atomic E-state index is 10.4. The van der Waals surface area contributed by atoms with Crippen molar-refractivity contribution in [2.75, 3.05) is 19.7 Å². The molecule has 1 rings (SSSR count). The molecule has 0 aromatic rings. The van der Waals surface area contributed by atoms with Crippen LogP contribution in [0, 0.1) is 0 Å². The third-order valence-corrected chi connectivity index (χ3v) is 1.05. The lowest BCUT2D eigenvalue weighted by molar-refractivity contribution is -0.142. The molecule has 0 amide bonds. The van der Waals surface area contributed by atoms with Gasteiger partial charge in [-0.25, -0.2) is 0 Å². The van der Waals surface area contributed by atoms with E-state index in [0.29, 0.717) is 13.0 Å². The van der Waals surface area contributed by atoms with Gasteiger partial charge in [-0.3, -0.25) is 4.79 Å². The van der Waals surface area contributed by atoms with Crippen molar-refractivity contribution in [3.63, 3.8) is 0 Å². The van der Waals surface area contributed by atoms with Crippen molar-refractivity contribution in [1.82, 2.24) is 5.32 Å². The first-order valence-corrected chi connectivity index (χ1v) is 2.76. The second-order valence-electron chi connectivity index (χ2n) is 1.72. The van der Waals surface area contributed by atoms with Crippen molar-refractivity contribution in [2.24, 2.45) is 0 Å². The molecule has 8 heavy (non-hydrogen) atoms. The molecule has 0 aromatic carbocycles. The van der Waals surface area contributed by atoms with E-state index < -0.39 is 0 Å². The van der Waals surface area contributed by atoms with Gasteiger partial charge in [0.25, 0.3) is 0 Å². The number of hydrogen-bond acceptors (Lipinski definition) is 3. The van der Waals surface area contributed by atoms with E-state index in [1.807, 2.05) is 0 Å². The molecule has 0 unspecified atom stereocenters. The summed E-state index contributed by atoms with van der Waals surface area (Å²) >= 11 is 0. The molecule has 0 bridgehead atoms. The van der Waals surface area contributed by atoms with Crippen LogP contribution < -0.4 is 5.32 Å². The fourth-order valence-corrected chi connectivity index (χ4v) is 0.625. The van der Waals surface area contributed by atoms with Crippen LogP contribution in [0.4, 0.5) is 0 Å². The Morgan fingerprint density at radius 1 is 1.50 bits per heavy atom. The summed E-state index contributed by atoms with van der Waals surface area (Å²) in [5.41, 5.74) is 0. The zero-order chi connectivity index (χ0) is 5.82. The van der Waals surface area contributed by atoms with Gasteiger partial charge >= 0.3 is 5.97 Å². The Balaban J connectivity index is 2.27. The lowest BCUT2D eigenvalue weighted by atomic mass is 10.4. The third kappa shape index (κ3) is 1.50. The highest BCUT2D eigenvalue weighted by atomic mass is 16.5. The minimum absolute atomic E-state index is 0.0880. The summed E-state index contributed by atoms with van der Waals surface area (Å²) in [6.07, 6.45) is 0.514. The first-order chi connectivity index (χ1) is 3.89. The molecule has 1 N–H and O–H groups in total. The smallest absolute Gasteiger partial charge is 0.307 e. The van der Waals surface area contributed by atoms with Gasteiger partial charge < -0.3 is 10.1 Å². The molecule has 3 nitrogen and oxygen atoms in total. The lowest BCUT2D eigenvalue weighted by Crippen LogP contribution is -2.16. The molecular weight excluding hydrogens is 106 g/mol. The molecule has 1 heterocycles.